The van der Waals surface area contributed by atoms with E-state index in [1.54, 1.807) is 0 Å². The van der Waals surface area contributed by atoms with Crippen LogP contribution in [0.1, 0.15) is 31.7 Å². The zero-order valence-corrected chi connectivity index (χ0v) is 13.1. The average Bonchev–Trinajstić information content (AvgIpc) is 2.48. The smallest absolute Gasteiger partial charge is 0.305 e. The summed E-state index contributed by atoms with van der Waals surface area (Å²) in [5.41, 5.74) is 0.766. The lowest BCUT2D eigenvalue weighted by molar-refractivity contribution is -0.141. The van der Waals surface area contributed by atoms with E-state index in [4.69, 9.17) is 0 Å². The van der Waals surface area contributed by atoms with Crippen molar-refractivity contribution < 1.29 is 9.90 Å². The van der Waals surface area contributed by atoms with Gasteiger partial charge in [-0.3, -0.25) is 9.69 Å². The summed E-state index contributed by atoms with van der Waals surface area (Å²) in [6.45, 7) is 5.99. The monoisotopic (exact) mass is 290 g/mol. The highest BCUT2D eigenvalue weighted by atomic mass is 16.4. The fraction of sp³-hybridized carbons (Fsp3) is 0.588. The van der Waals surface area contributed by atoms with Crippen molar-refractivity contribution in [3.63, 3.8) is 0 Å². The zero-order chi connectivity index (χ0) is 15.3. The fourth-order valence-corrected chi connectivity index (χ4v) is 3.43. The lowest BCUT2D eigenvalue weighted by Gasteiger charge is -2.47. The highest BCUT2D eigenvalue weighted by Crippen LogP contribution is 2.37. The Hall–Kier alpha value is -1.39. The Morgan fingerprint density at radius 1 is 1.19 bits per heavy atom. The maximum atomic E-state index is 11.5. The Bertz CT molecular complexity index is 455. The number of hydrogen-bond acceptors (Lipinski definition) is 3. The molecule has 0 saturated carbocycles. The van der Waals surface area contributed by atoms with Gasteiger partial charge < -0.3 is 10.0 Å². The molecule has 1 atom stereocenters. The molecule has 2 rings (SSSR count). The predicted octanol–water partition coefficient (Wildman–Crippen LogP) is 2.40. The molecule has 4 nitrogen and oxygen atoms in total. The molecule has 1 aromatic rings. The second-order valence-electron chi connectivity index (χ2n) is 6.01. The molecule has 1 fully saturated rings. The third-order valence-electron chi connectivity index (χ3n) is 4.53. The molecule has 116 valence electrons. The van der Waals surface area contributed by atoms with Crippen molar-refractivity contribution in [3.05, 3.63) is 35.9 Å². The lowest BCUT2D eigenvalue weighted by Crippen LogP contribution is -2.55. The zero-order valence-electron chi connectivity index (χ0n) is 13.1. The molecule has 21 heavy (non-hydrogen) atoms. The lowest BCUT2D eigenvalue weighted by atomic mass is 9.80. The Kier molecular flexibility index (Phi) is 5.37. The van der Waals surface area contributed by atoms with E-state index in [1.165, 1.54) is 0 Å². The quantitative estimate of drug-likeness (QED) is 0.874. The maximum Gasteiger partial charge on any atom is 0.305 e. The molecule has 4 heteroatoms. The van der Waals surface area contributed by atoms with Gasteiger partial charge in [0.1, 0.15) is 0 Å². The van der Waals surface area contributed by atoms with Crippen molar-refractivity contribution in [2.45, 2.75) is 31.7 Å². The second kappa shape index (κ2) is 7.05. The Morgan fingerprint density at radius 2 is 1.81 bits per heavy atom. The fourth-order valence-electron chi connectivity index (χ4n) is 3.43. The summed E-state index contributed by atoms with van der Waals surface area (Å²) in [7, 11) is 2.12. The van der Waals surface area contributed by atoms with Crippen LogP contribution in [0.2, 0.25) is 0 Å². The molecular formula is C17H26N2O2. The molecule has 0 aromatic heterocycles. The Balaban J connectivity index is 2.37. The van der Waals surface area contributed by atoms with Gasteiger partial charge >= 0.3 is 5.97 Å². The number of carbonyl (C=O) groups is 1. The highest BCUT2D eigenvalue weighted by molar-refractivity contribution is 5.69. The van der Waals surface area contributed by atoms with Crippen molar-refractivity contribution in [1.29, 1.82) is 0 Å². The van der Waals surface area contributed by atoms with Gasteiger partial charge in [0.25, 0.3) is 0 Å². The molecule has 1 aliphatic heterocycles. The Labute approximate surface area is 127 Å². The van der Waals surface area contributed by atoms with Gasteiger partial charge in [0, 0.05) is 26.2 Å². The molecular weight excluding hydrogens is 264 g/mol. The van der Waals surface area contributed by atoms with E-state index >= 15 is 0 Å². The highest BCUT2D eigenvalue weighted by Gasteiger charge is 2.40. The van der Waals surface area contributed by atoms with Crippen LogP contribution >= 0.6 is 0 Å². The number of hydrogen-bond donors (Lipinski definition) is 1. The molecule has 0 aliphatic carbocycles. The third kappa shape index (κ3) is 3.63. The van der Waals surface area contributed by atoms with E-state index in [9.17, 15) is 9.90 Å². The van der Waals surface area contributed by atoms with Crippen LogP contribution < -0.4 is 0 Å². The van der Waals surface area contributed by atoms with Gasteiger partial charge in [-0.15, -0.1) is 0 Å². The van der Waals surface area contributed by atoms with Crippen molar-refractivity contribution in [3.8, 4) is 0 Å². The first-order valence-electron chi connectivity index (χ1n) is 7.79. The third-order valence-corrected chi connectivity index (χ3v) is 4.53. The van der Waals surface area contributed by atoms with E-state index in [-0.39, 0.29) is 12.0 Å². The molecule has 1 aliphatic rings. The Morgan fingerprint density at radius 3 is 2.33 bits per heavy atom. The van der Waals surface area contributed by atoms with Crippen LogP contribution in [0.25, 0.3) is 0 Å². The van der Waals surface area contributed by atoms with Crippen molar-refractivity contribution in [1.82, 2.24) is 9.80 Å². The molecule has 1 saturated heterocycles. The number of piperazine rings is 1. The molecule has 0 bridgehead atoms. The van der Waals surface area contributed by atoms with E-state index < -0.39 is 5.97 Å². The van der Waals surface area contributed by atoms with Crippen LogP contribution in [-0.2, 0) is 10.3 Å². The summed E-state index contributed by atoms with van der Waals surface area (Å²) in [4.78, 5) is 16.2. The molecule has 0 amide bonds. The summed E-state index contributed by atoms with van der Waals surface area (Å²) >= 11 is 0. The number of aliphatic carboxylic acids is 1. The second-order valence-corrected chi connectivity index (χ2v) is 6.01. The number of benzene rings is 1. The van der Waals surface area contributed by atoms with E-state index in [2.05, 4.69) is 35.9 Å². The van der Waals surface area contributed by atoms with Crippen LogP contribution in [-0.4, -0.2) is 54.1 Å². The molecule has 0 radical (unpaired) electrons. The number of rotatable bonds is 6. The van der Waals surface area contributed by atoms with Gasteiger partial charge in [-0.25, -0.2) is 0 Å². The minimum Gasteiger partial charge on any atom is -0.481 e. The first-order chi connectivity index (χ1) is 10.1. The van der Waals surface area contributed by atoms with Gasteiger partial charge in [0.2, 0.25) is 0 Å². The van der Waals surface area contributed by atoms with Gasteiger partial charge in [0.05, 0.1) is 12.0 Å². The largest absolute Gasteiger partial charge is 0.481 e. The topological polar surface area (TPSA) is 43.8 Å². The first kappa shape index (κ1) is 16.0. The molecule has 1 N–H and O–H groups in total. The van der Waals surface area contributed by atoms with Crippen LogP contribution in [0.15, 0.2) is 30.3 Å². The minimum absolute atomic E-state index is 0.175. The molecule has 1 unspecified atom stereocenters. The van der Waals surface area contributed by atoms with Gasteiger partial charge in [0.15, 0.2) is 0 Å². The number of carboxylic acids is 1. The SMILES string of the molecule is CCCC(CC(=O)O)(c1ccccc1)N1CCN(C)CC1. The molecule has 1 aromatic carbocycles. The van der Waals surface area contributed by atoms with Gasteiger partial charge in [-0.1, -0.05) is 43.7 Å². The van der Waals surface area contributed by atoms with Crippen molar-refractivity contribution >= 4 is 5.97 Å². The van der Waals surface area contributed by atoms with Gasteiger partial charge in [-0.2, -0.15) is 0 Å². The van der Waals surface area contributed by atoms with Crippen LogP contribution in [0.4, 0.5) is 0 Å². The van der Waals surface area contributed by atoms with Gasteiger partial charge in [-0.05, 0) is 19.0 Å². The number of nitrogens with zero attached hydrogens (tertiary/aromatic N) is 2. The normalized spacial score (nSPS) is 20.1. The standard InChI is InChI=1S/C17H26N2O2/c1-3-9-17(14-16(20)21,15-7-5-4-6-8-15)19-12-10-18(2)11-13-19/h4-8H,3,9-14H2,1-2H3,(H,20,21). The summed E-state index contributed by atoms with van der Waals surface area (Å²) in [5.74, 6) is -0.716. The predicted molar refractivity (Wildman–Crippen MR) is 84.4 cm³/mol. The van der Waals surface area contributed by atoms with Crippen molar-refractivity contribution in [2.75, 3.05) is 33.2 Å². The number of likely N-dealkylation sites (N-methyl/N-ethyl adjacent to an activating group) is 1. The van der Waals surface area contributed by atoms with E-state index in [0.717, 1.165) is 44.6 Å². The summed E-state index contributed by atoms with van der Waals surface area (Å²) in [6.07, 6.45) is 2.04. The summed E-state index contributed by atoms with van der Waals surface area (Å²) in [5, 5.41) is 9.48. The molecule has 0 spiro atoms. The first-order valence-corrected chi connectivity index (χ1v) is 7.79. The maximum absolute atomic E-state index is 11.5. The van der Waals surface area contributed by atoms with Crippen LogP contribution in [0.3, 0.4) is 0 Å². The average molecular weight is 290 g/mol. The molecule has 1 heterocycles. The van der Waals surface area contributed by atoms with E-state index in [1.807, 2.05) is 18.2 Å². The van der Waals surface area contributed by atoms with E-state index in [0.29, 0.717) is 0 Å². The summed E-state index contributed by atoms with van der Waals surface area (Å²) in [6, 6.07) is 10.2. The summed E-state index contributed by atoms with van der Waals surface area (Å²) < 4.78 is 0. The number of carboxylic acid groups (broad SMARTS) is 1. The minimum atomic E-state index is -0.716. The van der Waals surface area contributed by atoms with Crippen molar-refractivity contribution in [2.24, 2.45) is 0 Å². The van der Waals surface area contributed by atoms with Crippen LogP contribution in [0, 0.1) is 0 Å². The van der Waals surface area contributed by atoms with Crippen LogP contribution in [0.5, 0.6) is 0 Å².